The van der Waals surface area contributed by atoms with E-state index in [1.807, 2.05) is 0 Å². The highest BCUT2D eigenvalue weighted by Crippen LogP contribution is 2.15. The standard InChI is InChI=1S/C14H20N2O4/c1-19-7-4-13-12(3-2-5-15-13)14(18)16-6-8-20-10-11(16)9-17/h2-3,5,11,17H,4,6-10H2,1H3/t11-/m1/s1. The van der Waals surface area contributed by atoms with Gasteiger partial charge in [0.25, 0.3) is 5.91 Å². The summed E-state index contributed by atoms with van der Waals surface area (Å²) in [5, 5.41) is 9.36. The monoisotopic (exact) mass is 280 g/mol. The maximum absolute atomic E-state index is 12.6. The van der Waals surface area contributed by atoms with E-state index in [1.165, 1.54) is 0 Å². The van der Waals surface area contributed by atoms with Gasteiger partial charge in [-0.25, -0.2) is 0 Å². The molecule has 1 atom stereocenters. The molecule has 6 heteroatoms. The molecule has 1 N–H and O–H groups in total. The molecule has 1 fully saturated rings. The van der Waals surface area contributed by atoms with Gasteiger partial charge >= 0.3 is 0 Å². The van der Waals surface area contributed by atoms with Crippen LogP contribution in [0.1, 0.15) is 16.1 Å². The number of aliphatic hydroxyl groups excluding tert-OH is 1. The van der Waals surface area contributed by atoms with Crippen LogP contribution in [0.4, 0.5) is 0 Å². The lowest BCUT2D eigenvalue weighted by molar-refractivity contribution is -0.0184. The maximum Gasteiger partial charge on any atom is 0.256 e. The Hall–Kier alpha value is -1.50. The molecule has 110 valence electrons. The van der Waals surface area contributed by atoms with Crippen molar-refractivity contribution in [2.24, 2.45) is 0 Å². The number of ether oxygens (including phenoxy) is 2. The molecular formula is C14H20N2O4. The van der Waals surface area contributed by atoms with Crippen LogP contribution in [-0.2, 0) is 15.9 Å². The summed E-state index contributed by atoms with van der Waals surface area (Å²) < 4.78 is 10.3. The zero-order valence-electron chi connectivity index (χ0n) is 11.6. The Morgan fingerprint density at radius 2 is 2.50 bits per heavy atom. The lowest BCUT2D eigenvalue weighted by atomic mass is 10.1. The van der Waals surface area contributed by atoms with Gasteiger partial charge in [-0.3, -0.25) is 9.78 Å². The Morgan fingerprint density at radius 1 is 1.65 bits per heavy atom. The number of amides is 1. The molecule has 20 heavy (non-hydrogen) atoms. The van der Waals surface area contributed by atoms with Crippen molar-refractivity contribution in [1.82, 2.24) is 9.88 Å². The van der Waals surface area contributed by atoms with E-state index in [-0.39, 0.29) is 18.6 Å². The van der Waals surface area contributed by atoms with Crippen LogP contribution >= 0.6 is 0 Å². The quantitative estimate of drug-likeness (QED) is 0.828. The van der Waals surface area contributed by atoms with Crippen molar-refractivity contribution >= 4 is 5.91 Å². The van der Waals surface area contributed by atoms with Gasteiger partial charge in [-0.15, -0.1) is 0 Å². The van der Waals surface area contributed by atoms with E-state index >= 15 is 0 Å². The Kier molecular flexibility index (Phi) is 5.46. The first-order valence-electron chi connectivity index (χ1n) is 6.70. The highest BCUT2D eigenvalue weighted by molar-refractivity contribution is 5.95. The van der Waals surface area contributed by atoms with E-state index in [4.69, 9.17) is 9.47 Å². The van der Waals surface area contributed by atoms with Crippen molar-refractivity contribution in [1.29, 1.82) is 0 Å². The van der Waals surface area contributed by atoms with Crippen molar-refractivity contribution in [3.05, 3.63) is 29.6 Å². The Morgan fingerprint density at radius 3 is 3.25 bits per heavy atom. The molecule has 2 heterocycles. The summed E-state index contributed by atoms with van der Waals surface area (Å²) in [4.78, 5) is 18.6. The maximum atomic E-state index is 12.6. The number of carbonyl (C=O) groups excluding carboxylic acids is 1. The van der Waals surface area contributed by atoms with Crippen molar-refractivity contribution in [2.75, 3.05) is 40.1 Å². The SMILES string of the molecule is COCCc1ncccc1C(=O)N1CCOC[C@H]1CO. The summed E-state index contributed by atoms with van der Waals surface area (Å²) in [6.45, 7) is 1.78. The summed E-state index contributed by atoms with van der Waals surface area (Å²) >= 11 is 0. The number of nitrogens with zero attached hydrogens (tertiary/aromatic N) is 2. The topological polar surface area (TPSA) is 71.9 Å². The van der Waals surface area contributed by atoms with Crippen LogP contribution < -0.4 is 0 Å². The molecule has 0 aromatic carbocycles. The van der Waals surface area contributed by atoms with Gasteiger partial charge in [0.15, 0.2) is 0 Å². The molecule has 2 rings (SSSR count). The van der Waals surface area contributed by atoms with Crippen molar-refractivity contribution in [3.63, 3.8) is 0 Å². The lowest BCUT2D eigenvalue weighted by Crippen LogP contribution is -2.50. The Labute approximate surface area is 118 Å². The number of pyridine rings is 1. The molecule has 0 saturated carbocycles. The van der Waals surface area contributed by atoms with Gasteiger partial charge in [0.05, 0.1) is 43.7 Å². The first-order chi connectivity index (χ1) is 9.77. The number of hydrogen-bond donors (Lipinski definition) is 1. The smallest absolute Gasteiger partial charge is 0.256 e. The number of rotatable bonds is 5. The Balaban J connectivity index is 2.19. The third kappa shape index (κ3) is 3.33. The highest BCUT2D eigenvalue weighted by atomic mass is 16.5. The zero-order chi connectivity index (χ0) is 14.4. The van der Waals surface area contributed by atoms with Gasteiger partial charge in [0.2, 0.25) is 0 Å². The average molecular weight is 280 g/mol. The molecule has 1 amide bonds. The summed E-state index contributed by atoms with van der Waals surface area (Å²) in [6, 6.07) is 3.23. The van der Waals surface area contributed by atoms with Crippen molar-refractivity contribution in [3.8, 4) is 0 Å². The van der Waals surface area contributed by atoms with Gasteiger partial charge in [-0.2, -0.15) is 0 Å². The lowest BCUT2D eigenvalue weighted by Gasteiger charge is -2.34. The minimum atomic E-state index is -0.285. The van der Waals surface area contributed by atoms with Crippen LogP contribution in [-0.4, -0.2) is 67.0 Å². The van der Waals surface area contributed by atoms with E-state index < -0.39 is 0 Å². The van der Waals surface area contributed by atoms with Gasteiger partial charge in [0.1, 0.15) is 0 Å². The minimum absolute atomic E-state index is 0.0978. The fraction of sp³-hybridized carbons (Fsp3) is 0.571. The van der Waals surface area contributed by atoms with E-state index in [1.54, 1.807) is 30.3 Å². The summed E-state index contributed by atoms with van der Waals surface area (Å²) in [7, 11) is 1.62. The molecule has 0 spiro atoms. The summed E-state index contributed by atoms with van der Waals surface area (Å²) in [5.41, 5.74) is 1.30. The fourth-order valence-electron chi connectivity index (χ4n) is 2.26. The van der Waals surface area contributed by atoms with Crippen LogP contribution in [0.15, 0.2) is 18.3 Å². The van der Waals surface area contributed by atoms with Crippen LogP contribution in [0, 0.1) is 0 Å². The number of aliphatic hydroxyl groups is 1. The van der Waals surface area contributed by atoms with Gasteiger partial charge in [-0.1, -0.05) is 0 Å². The minimum Gasteiger partial charge on any atom is -0.394 e. The molecule has 1 saturated heterocycles. The summed E-state index contributed by atoms with van der Waals surface area (Å²) in [5.74, 6) is -0.105. The second kappa shape index (κ2) is 7.33. The normalized spacial score (nSPS) is 19.1. The van der Waals surface area contributed by atoms with E-state index in [0.29, 0.717) is 38.3 Å². The second-order valence-electron chi connectivity index (χ2n) is 4.65. The predicted molar refractivity (Wildman–Crippen MR) is 72.5 cm³/mol. The van der Waals surface area contributed by atoms with Gasteiger partial charge in [-0.05, 0) is 12.1 Å². The summed E-state index contributed by atoms with van der Waals surface area (Å²) in [6.07, 6.45) is 2.26. The predicted octanol–water partition coefficient (Wildman–Crippen LogP) is 0.104. The number of carbonyl (C=O) groups is 1. The van der Waals surface area contributed by atoms with E-state index in [9.17, 15) is 9.90 Å². The molecule has 1 aliphatic heterocycles. The molecular weight excluding hydrogens is 260 g/mol. The first kappa shape index (κ1) is 14.9. The number of morpholine rings is 1. The fourth-order valence-corrected chi connectivity index (χ4v) is 2.26. The molecule has 0 unspecified atom stereocenters. The molecule has 0 aliphatic carbocycles. The Bertz CT molecular complexity index is 453. The number of hydrogen-bond acceptors (Lipinski definition) is 5. The third-order valence-corrected chi connectivity index (χ3v) is 3.36. The van der Waals surface area contributed by atoms with E-state index in [2.05, 4.69) is 4.98 Å². The van der Waals surface area contributed by atoms with E-state index in [0.717, 1.165) is 5.69 Å². The van der Waals surface area contributed by atoms with Crippen LogP contribution in [0.2, 0.25) is 0 Å². The van der Waals surface area contributed by atoms with Crippen molar-refractivity contribution < 1.29 is 19.4 Å². The van der Waals surface area contributed by atoms with Crippen LogP contribution in [0.3, 0.4) is 0 Å². The van der Waals surface area contributed by atoms with Crippen LogP contribution in [0.5, 0.6) is 0 Å². The molecule has 1 aromatic heterocycles. The molecule has 6 nitrogen and oxygen atoms in total. The molecule has 1 aromatic rings. The second-order valence-corrected chi connectivity index (χ2v) is 4.65. The van der Waals surface area contributed by atoms with Gasteiger partial charge < -0.3 is 19.5 Å². The van der Waals surface area contributed by atoms with Crippen LogP contribution in [0.25, 0.3) is 0 Å². The number of aromatic nitrogens is 1. The molecule has 0 radical (unpaired) electrons. The first-order valence-corrected chi connectivity index (χ1v) is 6.70. The largest absolute Gasteiger partial charge is 0.394 e. The zero-order valence-corrected chi connectivity index (χ0v) is 11.6. The molecule has 1 aliphatic rings. The molecule has 0 bridgehead atoms. The third-order valence-electron chi connectivity index (χ3n) is 3.36. The van der Waals surface area contributed by atoms with Gasteiger partial charge in [0, 0.05) is 26.3 Å². The highest BCUT2D eigenvalue weighted by Gasteiger charge is 2.28. The average Bonchev–Trinajstić information content (AvgIpc) is 2.52. The van der Waals surface area contributed by atoms with Crippen molar-refractivity contribution in [2.45, 2.75) is 12.5 Å². The number of methoxy groups -OCH3 is 1.